The zero-order valence-corrected chi connectivity index (χ0v) is 8.39. The minimum Gasteiger partial charge on any atom is -0.481 e. The molecule has 0 amide bonds. The maximum Gasteiger partial charge on any atom is 0.347 e. The van der Waals surface area contributed by atoms with E-state index in [4.69, 9.17) is 5.11 Å². The Bertz CT molecular complexity index is 503. The van der Waals surface area contributed by atoms with Crippen molar-refractivity contribution in [1.29, 1.82) is 0 Å². The van der Waals surface area contributed by atoms with Crippen molar-refractivity contribution in [3.05, 3.63) is 34.9 Å². The van der Waals surface area contributed by atoms with Gasteiger partial charge in [-0.05, 0) is 18.6 Å². The molecule has 82 valence electrons. The van der Waals surface area contributed by atoms with Crippen molar-refractivity contribution in [2.45, 2.75) is 12.8 Å². The summed E-state index contributed by atoms with van der Waals surface area (Å²) in [7, 11) is 0. The molecule has 1 aromatic carbocycles. The van der Waals surface area contributed by atoms with Gasteiger partial charge in [0.15, 0.2) is 0 Å². The Morgan fingerprint density at radius 2 is 2.00 bits per heavy atom. The van der Waals surface area contributed by atoms with Crippen LogP contribution in [0.3, 0.4) is 0 Å². The fourth-order valence-electron chi connectivity index (χ4n) is 1.65. The first-order chi connectivity index (χ1) is 7.52. The first-order valence-corrected chi connectivity index (χ1v) is 4.64. The number of rotatable bonds is 2. The van der Waals surface area contributed by atoms with Crippen molar-refractivity contribution in [3.8, 4) is 0 Å². The molecule has 0 spiro atoms. The molecule has 2 rings (SSSR count). The lowest BCUT2D eigenvalue weighted by atomic mass is 9.93. The summed E-state index contributed by atoms with van der Waals surface area (Å²) in [6.45, 7) is 1.45. The van der Waals surface area contributed by atoms with Crippen LogP contribution >= 0.6 is 0 Å². The number of fused-ring (bicyclic) bond motifs is 1. The molecule has 0 saturated carbocycles. The van der Waals surface area contributed by atoms with Crippen molar-refractivity contribution in [3.63, 3.8) is 0 Å². The molecule has 1 heterocycles. The van der Waals surface area contributed by atoms with Crippen molar-refractivity contribution in [2.24, 2.45) is 0 Å². The van der Waals surface area contributed by atoms with Gasteiger partial charge < -0.3 is 9.84 Å². The Balaban J connectivity index is 2.62. The molecule has 5 heteroatoms. The highest BCUT2D eigenvalue weighted by molar-refractivity contribution is 6.15. The van der Waals surface area contributed by atoms with Gasteiger partial charge in [0.25, 0.3) is 0 Å². The van der Waals surface area contributed by atoms with Gasteiger partial charge in [-0.15, -0.1) is 0 Å². The second kappa shape index (κ2) is 3.44. The zero-order valence-electron chi connectivity index (χ0n) is 8.39. The van der Waals surface area contributed by atoms with Crippen molar-refractivity contribution < 1.29 is 24.2 Å². The van der Waals surface area contributed by atoms with Crippen LogP contribution in [0.5, 0.6) is 0 Å². The summed E-state index contributed by atoms with van der Waals surface area (Å²) in [6, 6.07) is 4.49. The van der Waals surface area contributed by atoms with E-state index in [1.807, 2.05) is 0 Å². The number of carbonyl (C=O) groups is 3. The average molecular weight is 220 g/mol. The molecule has 0 radical (unpaired) electrons. The summed E-state index contributed by atoms with van der Waals surface area (Å²) in [5.74, 6) is -3.41. The predicted molar refractivity (Wildman–Crippen MR) is 52.2 cm³/mol. The molecule has 0 aromatic heterocycles. The van der Waals surface area contributed by atoms with Crippen LogP contribution in [-0.4, -0.2) is 23.0 Å². The molecule has 0 aliphatic carbocycles. The Morgan fingerprint density at radius 3 is 2.62 bits per heavy atom. The van der Waals surface area contributed by atoms with Gasteiger partial charge in [0.1, 0.15) is 0 Å². The van der Waals surface area contributed by atoms with Gasteiger partial charge in [0.05, 0.1) is 17.0 Å². The number of hydrogen-bond acceptors (Lipinski definition) is 4. The van der Waals surface area contributed by atoms with Crippen LogP contribution < -0.4 is 0 Å². The molecule has 5 nitrogen and oxygen atoms in total. The normalized spacial score (nSPS) is 15.6. The number of aliphatic carboxylic acids is 1. The summed E-state index contributed by atoms with van der Waals surface area (Å²) in [4.78, 5) is 33.5. The van der Waals surface area contributed by atoms with E-state index < -0.39 is 23.8 Å². The summed E-state index contributed by atoms with van der Waals surface area (Å²) in [5, 5.41) is 8.88. The third kappa shape index (κ3) is 1.37. The molecular formula is C11H8O5. The van der Waals surface area contributed by atoms with Gasteiger partial charge >= 0.3 is 17.9 Å². The molecule has 0 bridgehead atoms. The molecule has 1 aliphatic rings. The highest BCUT2D eigenvalue weighted by atomic mass is 16.6. The lowest BCUT2D eigenvalue weighted by Crippen LogP contribution is -2.11. The minimum atomic E-state index is -1.06. The van der Waals surface area contributed by atoms with E-state index in [1.54, 1.807) is 0 Å². The van der Waals surface area contributed by atoms with E-state index >= 15 is 0 Å². The highest BCUT2D eigenvalue weighted by Crippen LogP contribution is 2.28. The average Bonchev–Trinajstić information content (AvgIpc) is 2.54. The largest absolute Gasteiger partial charge is 0.481 e. The maximum atomic E-state index is 11.4. The van der Waals surface area contributed by atoms with Gasteiger partial charge in [0.2, 0.25) is 0 Å². The second-order valence-corrected chi connectivity index (χ2v) is 3.51. The number of esters is 2. The number of carboxylic acids is 1. The SMILES string of the molecule is CC(C(=O)O)c1cccc2c1C(=O)OC2=O. The summed E-state index contributed by atoms with van der Waals surface area (Å²) < 4.78 is 4.43. The monoisotopic (exact) mass is 220 g/mol. The molecule has 16 heavy (non-hydrogen) atoms. The third-order valence-electron chi connectivity index (χ3n) is 2.54. The molecule has 1 aromatic rings. The summed E-state index contributed by atoms with van der Waals surface area (Å²) >= 11 is 0. The van der Waals surface area contributed by atoms with Crippen LogP contribution in [0.4, 0.5) is 0 Å². The van der Waals surface area contributed by atoms with Crippen LogP contribution in [0.2, 0.25) is 0 Å². The second-order valence-electron chi connectivity index (χ2n) is 3.51. The van der Waals surface area contributed by atoms with Gasteiger partial charge in [-0.3, -0.25) is 4.79 Å². The fraction of sp³-hybridized carbons (Fsp3) is 0.182. The number of ether oxygens (including phenoxy) is 1. The number of carbonyl (C=O) groups excluding carboxylic acids is 2. The zero-order chi connectivity index (χ0) is 11.9. The molecule has 1 N–H and O–H groups in total. The predicted octanol–water partition coefficient (Wildman–Crippen LogP) is 1.19. The van der Waals surface area contributed by atoms with Crippen molar-refractivity contribution in [2.75, 3.05) is 0 Å². The first-order valence-electron chi connectivity index (χ1n) is 4.64. The van der Waals surface area contributed by atoms with Crippen LogP contribution in [0.15, 0.2) is 18.2 Å². The Morgan fingerprint density at radius 1 is 1.31 bits per heavy atom. The Kier molecular flexibility index (Phi) is 2.23. The number of benzene rings is 1. The standard InChI is InChI=1S/C11H8O5/c1-5(9(12)13)6-3-2-4-7-8(6)11(15)16-10(7)14/h2-5H,1H3,(H,12,13). The number of cyclic esters (lactones) is 2. The van der Waals surface area contributed by atoms with Crippen LogP contribution in [0.25, 0.3) is 0 Å². The van der Waals surface area contributed by atoms with E-state index in [-0.39, 0.29) is 11.1 Å². The van der Waals surface area contributed by atoms with E-state index in [0.717, 1.165) is 0 Å². The minimum absolute atomic E-state index is 0.0717. The third-order valence-corrected chi connectivity index (χ3v) is 2.54. The van der Waals surface area contributed by atoms with Crippen LogP contribution in [0, 0.1) is 0 Å². The van der Waals surface area contributed by atoms with Crippen molar-refractivity contribution >= 4 is 17.9 Å². The lowest BCUT2D eigenvalue weighted by molar-refractivity contribution is -0.138. The lowest BCUT2D eigenvalue weighted by Gasteiger charge is -2.08. The molecule has 0 fully saturated rings. The summed E-state index contributed by atoms with van der Waals surface area (Å²) in [6.07, 6.45) is 0. The van der Waals surface area contributed by atoms with Gasteiger partial charge in [-0.25, -0.2) is 9.59 Å². The number of hydrogen-bond donors (Lipinski definition) is 1. The molecule has 1 atom stereocenters. The maximum absolute atomic E-state index is 11.4. The fourth-order valence-corrected chi connectivity index (χ4v) is 1.65. The molecule has 1 unspecified atom stereocenters. The Hall–Kier alpha value is -2.17. The van der Waals surface area contributed by atoms with E-state index in [1.165, 1.54) is 25.1 Å². The molecule has 1 aliphatic heterocycles. The topological polar surface area (TPSA) is 80.7 Å². The van der Waals surface area contributed by atoms with E-state index in [9.17, 15) is 14.4 Å². The Labute approximate surface area is 90.6 Å². The van der Waals surface area contributed by atoms with Crippen LogP contribution in [0.1, 0.15) is 39.1 Å². The molecular weight excluding hydrogens is 212 g/mol. The van der Waals surface area contributed by atoms with Crippen LogP contribution in [-0.2, 0) is 9.53 Å². The van der Waals surface area contributed by atoms with Gasteiger partial charge in [0, 0.05) is 0 Å². The van der Waals surface area contributed by atoms with Gasteiger partial charge in [-0.2, -0.15) is 0 Å². The highest BCUT2D eigenvalue weighted by Gasteiger charge is 2.34. The van der Waals surface area contributed by atoms with E-state index in [2.05, 4.69) is 4.74 Å². The van der Waals surface area contributed by atoms with E-state index in [0.29, 0.717) is 5.56 Å². The first kappa shape index (κ1) is 10.4. The quantitative estimate of drug-likeness (QED) is 0.598. The summed E-state index contributed by atoms with van der Waals surface area (Å²) in [5.41, 5.74) is 0.513. The van der Waals surface area contributed by atoms with Gasteiger partial charge in [-0.1, -0.05) is 12.1 Å². The number of carboxylic acid groups (broad SMARTS) is 1. The molecule has 0 saturated heterocycles. The van der Waals surface area contributed by atoms with Crippen molar-refractivity contribution in [1.82, 2.24) is 0 Å². The smallest absolute Gasteiger partial charge is 0.347 e.